The van der Waals surface area contributed by atoms with E-state index >= 15 is 0 Å². The second kappa shape index (κ2) is 7.07. The first-order valence-electron chi connectivity index (χ1n) is 8.58. The van der Waals surface area contributed by atoms with E-state index in [2.05, 4.69) is 9.88 Å². The normalized spacial score (nSPS) is 16.4. The molecule has 1 aliphatic carbocycles. The van der Waals surface area contributed by atoms with Gasteiger partial charge in [0.25, 0.3) is 0 Å². The number of sulfonamides is 1. The molecule has 130 valence electrons. The topological polar surface area (TPSA) is 72.2 Å². The fourth-order valence-electron chi connectivity index (χ4n) is 3.25. The van der Waals surface area contributed by atoms with Gasteiger partial charge in [-0.3, -0.25) is 0 Å². The van der Waals surface area contributed by atoms with Gasteiger partial charge in [-0.05, 0) is 37.8 Å². The van der Waals surface area contributed by atoms with Gasteiger partial charge in [-0.15, -0.1) is 0 Å². The predicted octanol–water partition coefficient (Wildman–Crippen LogP) is 3.82. The molecule has 0 amide bonds. The van der Waals surface area contributed by atoms with E-state index in [0.717, 1.165) is 42.5 Å². The molecule has 1 N–H and O–H groups in total. The van der Waals surface area contributed by atoms with Crippen LogP contribution in [-0.2, 0) is 16.4 Å². The van der Waals surface area contributed by atoms with Crippen molar-refractivity contribution in [1.82, 2.24) is 9.88 Å². The van der Waals surface area contributed by atoms with Crippen molar-refractivity contribution in [3.8, 4) is 11.3 Å². The van der Waals surface area contributed by atoms with Crippen molar-refractivity contribution < 1.29 is 12.9 Å². The van der Waals surface area contributed by atoms with Crippen molar-refractivity contribution in [2.45, 2.75) is 63.3 Å². The monoisotopic (exact) mass is 348 g/mol. The highest BCUT2D eigenvalue weighted by Crippen LogP contribution is 2.27. The first kappa shape index (κ1) is 17.2. The highest BCUT2D eigenvalue weighted by molar-refractivity contribution is 7.89. The van der Waals surface area contributed by atoms with Crippen LogP contribution in [-0.4, -0.2) is 19.6 Å². The van der Waals surface area contributed by atoms with E-state index in [1.807, 2.05) is 32.0 Å². The minimum atomic E-state index is -3.54. The van der Waals surface area contributed by atoms with Crippen LogP contribution in [0.5, 0.6) is 0 Å². The van der Waals surface area contributed by atoms with E-state index in [1.165, 1.54) is 6.42 Å². The Balaban J connectivity index is 1.94. The molecule has 2 aromatic rings. The molecule has 0 aliphatic heterocycles. The predicted molar refractivity (Wildman–Crippen MR) is 93.2 cm³/mol. The summed E-state index contributed by atoms with van der Waals surface area (Å²) in [5, 5.41) is 3.88. The number of aromatic nitrogens is 1. The first-order valence-corrected chi connectivity index (χ1v) is 10.1. The van der Waals surface area contributed by atoms with Gasteiger partial charge in [-0.2, -0.15) is 0 Å². The van der Waals surface area contributed by atoms with Gasteiger partial charge in [0.2, 0.25) is 10.0 Å². The van der Waals surface area contributed by atoms with Gasteiger partial charge in [0.1, 0.15) is 0 Å². The summed E-state index contributed by atoms with van der Waals surface area (Å²) < 4.78 is 34.0. The molecule has 6 heteroatoms. The summed E-state index contributed by atoms with van der Waals surface area (Å²) in [7, 11) is -3.54. The summed E-state index contributed by atoms with van der Waals surface area (Å²) in [6, 6.07) is 7.31. The standard InChI is InChI=1S/C18H24N2O3S/c1-3-14-9-10-15(17-11-13(2)19-23-17)12-18(14)24(21,22)20-16-7-5-4-6-8-16/h9-12,16,20H,3-8H2,1-2H3. The van der Waals surface area contributed by atoms with E-state index in [1.54, 1.807) is 6.07 Å². The summed E-state index contributed by atoms with van der Waals surface area (Å²) >= 11 is 0. The molecule has 1 fully saturated rings. The summed E-state index contributed by atoms with van der Waals surface area (Å²) in [5.41, 5.74) is 2.32. The highest BCUT2D eigenvalue weighted by atomic mass is 32.2. The fraction of sp³-hybridized carbons (Fsp3) is 0.500. The third-order valence-corrected chi connectivity index (χ3v) is 6.18. The van der Waals surface area contributed by atoms with Gasteiger partial charge < -0.3 is 4.52 Å². The molecule has 0 radical (unpaired) electrons. The Morgan fingerprint density at radius 2 is 1.96 bits per heavy atom. The zero-order valence-corrected chi connectivity index (χ0v) is 15.0. The van der Waals surface area contributed by atoms with Gasteiger partial charge in [0, 0.05) is 17.7 Å². The zero-order valence-electron chi connectivity index (χ0n) is 14.2. The maximum atomic E-state index is 12.9. The fourth-order valence-corrected chi connectivity index (χ4v) is 4.89. The van der Waals surface area contributed by atoms with Crippen LogP contribution in [0.25, 0.3) is 11.3 Å². The Bertz CT molecular complexity index is 805. The lowest BCUT2D eigenvalue weighted by molar-refractivity contribution is 0.412. The summed E-state index contributed by atoms with van der Waals surface area (Å²) in [6.45, 7) is 3.81. The minimum Gasteiger partial charge on any atom is -0.356 e. The Kier molecular flexibility index (Phi) is 5.06. The van der Waals surface area contributed by atoms with Gasteiger partial charge in [-0.25, -0.2) is 13.1 Å². The van der Waals surface area contributed by atoms with Crippen molar-refractivity contribution >= 4 is 10.0 Å². The molecule has 3 rings (SSSR count). The van der Waals surface area contributed by atoms with E-state index in [9.17, 15) is 8.42 Å². The number of nitrogens with one attached hydrogen (secondary N) is 1. The van der Waals surface area contributed by atoms with Crippen LogP contribution in [0.3, 0.4) is 0 Å². The van der Waals surface area contributed by atoms with Crippen LogP contribution in [0.2, 0.25) is 0 Å². The third-order valence-electron chi connectivity index (χ3n) is 4.58. The average molecular weight is 348 g/mol. The lowest BCUT2D eigenvalue weighted by atomic mass is 9.96. The molecule has 1 aromatic carbocycles. The number of rotatable bonds is 5. The van der Waals surface area contributed by atoms with Gasteiger partial charge in [-0.1, -0.05) is 43.5 Å². The van der Waals surface area contributed by atoms with Crippen LogP contribution >= 0.6 is 0 Å². The summed E-state index contributed by atoms with van der Waals surface area (Å²) in [5.74, 6) is 0.587. The molecular weight excluding hydrogens is 324 g/mol. The Hall–Kier alpha value is -1.66. The molecule has 1 aliphatic rings. The minimum absolute atomic E-state index is 0.0460. The van der Waals surface area contributed by atoms with Crippen LogP contribution in [0.4, 0.5) is 0 Å². The lowest BCUT2D eigenvalue weighted by Gasteiger charge is -2.23. The number of benzene rings is 1. The van der Waals surface area contributed by atoms with Crippen LogP contribution in [0.15, 0.2) is 33.7 Å². The van der Waals surface area contributed by atoms with E-state index in [4.69, 9.17) is 4.52 Å². The van der Waals surface area contributed by atoms with Crippen molar-refractivity contribution in [2.75, 3.05) is 0 Å². The molecule has 24 heavy (non-hydrogen) atoms. The zero-order chi connectivity index (χ0) is 17.2. The molecule has 0 bridgehead atoms. The van der Waals surface area contributed by atoms with Gasteiger partial charge in [0.15, 0.2) is 5.76 Å². The Morgan fingerprint density at radius 1 is 1.21 bits per heavy atom. The molecule has 0 saturated heterocycles. The maximum absolute atomic E-state index is 12.9. The van der Waals surface area contributed by atoms with Crippen LogP contribution in [0, 0.1) is 6.92 Å². The van der Waals surface area contributed by atoms with Crippen LogP contribution in [0.1, 0.15) is 50.3 Å². The summed E-state index contributed by atoms with van der Waals surface area (Å²) in [6.07, 6.45) is 5.87. The second-order valence-corrected chi connectivity index (χ2v) is 8.15. The van der Waals surface area contributed by atoms with Crippen molar-refractivity contribution in [2.24, 2.45) is 0 Å². The number of hydrogen-bond donors (Lipinski definition) is 1. The third kappa shape index (κ3) is 3.70. The second-order valence-electron chi connectivity index (χ2n) is 6.46. The lowest BCUT2D eigenvalue weighted by Crippen LogP contribution is -2.36. The Morgan fingerprint density at radius 3 is 2.58 bits per heavy atom. The SMILES string of the molecule is CCc1ccc(-c2cc(C)no2)cc1S(=O)(=O)NC1CCCCC1. The van der Waals surface area contributed by atoms with Crippen molar-refractivity contribution in [1.29, 1.82) is 0 Å². The first-order chi connectivity index (χ1) is 11.5. The average Bonchev–Trinajstić information content (AvgIpc) is 3.01. The van der Waals surface area contributed by atoms with Crippen LogP contribution < -0.4 is 4.72 Å². The quantitative estimate of drug-likeness (QED) is 0.891. The van der Waals surface area contributed by atoms with Gasteiger partial charge >= 0.3 is 0 Å². The van der Waals surface area contributed by atoms with Crippen molar-refractivity contribution in [3.05, 3.63) is 35.5 Å². The van der Waals surface area contributed by atoms with Crippen molar-refractivity contribution in [3.63, 3.8) is 0 Å². The van der Waals surface area contributed by atoms with E-state index in [0.29, 0.717) is 17.1 Å². The van der Waals surface area contributed by atoms with E-state index in [-0.39, 0.29) is 6.04 Å². The molecule has 0 atom stereocenters. The highest BCUT2D eigenvalue weighted by Gasteiger charge is 2.24. The molecule has 1 aromatic heterocycles. The number of aryl methyl sites for hydroxylation is 2. The number of hydrogen-bond acceptors (Lipinski definition) is 4. The van der Waals surface area contributed by atoms with Gasteiger partial charge in [0.05, 0.1) is 10.6 Å². The van der Waals surface area contributed by atoms with E-state index < -0.39 is 10.0 Å². The maximum Gasteiger partial charge on any atom is 0.241 e. The molecule has 1 saturated carbocycles. The molecule has 5 nitrogen and oxygen atoms in total. The summed E-state index contributed by atoms with van der Waals surface area (Å²) in [4.78, 5) is 0.349. The number of nitrogens with zero attached hydrogens (tertiary/aromatic N) is 1. The molecule has 0 unspecified atom stereocenters. The largest absolute Gasteiger partial charge is 0.356 e. The smallest absolute Gasteiger partial charge is 0.241 e. The Labute approximate surface area is 143 Å². The molecule has 1 heterocycles. The molecular formula is C18H24N2O3S. The molecule has 0 spiro atoms.